The van der Waals surface area contributed by atoms with E-state index in [0.717, 1.165) is 5.56 Å². The van der Waals surface area contributed by atoms with Crippen LogP contribution < -0.4 is 10.2 Å². The average Bonchev–Trinajstić information content (AvgIpc) is 3.20. The van der Waals surface area contributed by atoms with E-state index in [0.29, 0.717) is 21.0 Å². The minimum atomic E-state index is -0.605. The minimum Gasteiger partial charge on any atom is -0.452 e. The van der Waals surface area contributed by atoms with Gasteiger partial charge in [0.05, 0.1) is 5.39 Å². The third-order valence-electron chi connectivity index (χ3n) is 4.04. The quantitative estimate of drug-likeness (QED) is 0.416. The zero-order valence-corrected chi connectivity index (χ0v) is 15.8. The molecule has 0 unspecified atom stereocenters. The Morgan fingerprint density at radius 2 is 1.89 bits per heavy atom. The molecular formula is C21H13ClO4S. The Labute approximate surface area is 163 Å². The Balaban J connectivity index is 1.94. The summed E-state index contributed by atoms with van der Waals surface area (Å²) in [7, 11) is 0. The van der Waals surface area contributed by atoms with Crippen molar-refractivity contribution in [2.45, 2.75) is 6.92 Å². The molecule has 0 N–H and O–H groups in total. The lowest BCUT2D eigenvalue weighted by atomic mass is 10.1. The van der Waals surface area contributed by atoms with Gasteiger partial charge in [0.2, 0.25) is 11.2 Å². The zero-order valence-electron chi connectivity index (χ0n) is 14.2. The zero-order chi connectivity index (χ0) is 19.0. The van der Waals surface area contributed by atoms with Crippen LogP contribution in [0.4, 0.5) is 0 Å². The third kappa shape index (κ3) is 3.39. The standard InChI is InChI=1S/C21H13ClO4S/c1-12-4-6-13(7-5-12)19-20(26-21(24)17-3-2-10-27-17)18(23)15-11-14(22)8-9-16(15)25-19/h2-11H,1H3. The van der Waals surface area contributed by atoms with Crippen LogP contribution in [0.15, 0.2) is 69.2 Å². The van der Waals surface area contributed by atoms with Crippen LogP contribution in [0, 0.1) is 6.92 Å². The molecule has 2 aromatic heterocycles. The van der Waals surface area contributed by atoms with Crippen LogP contribution in [0.3, 0.4) is 0 Å². The summed E-state index contributed by atoms with van der Waals surface area (Å²) >= 11 is 7.26. The summed E-state index contributed by atoms with van der Waals surface area (Å²) in [5.74, 6) is -0.543. The van der Waals surface area contributed by atoms with E-state index < -0.39 is 11.4 Å². The molecule has 0 fully saturated rings. The maximum atomic E-state index is 13.1. The predicted molar refractivity (Wildman–Crippen MR) is 107 cm³/mol. The van der Waals surface area contributed by atoms with Gasteiger partial charge in [-0.05, 0) is 36.6 Å². The molecule has 0 saturated heterocycles. The first-order valence-electron chi connectivity index (χ1n) is 8.12. The fourth-order valence-corrected chi connectivity index (χ4v) is 3.45. The smallest absolute Gasteiger partial charge is 0.353 e. The van der Waals surface area contributed by atoms with Crippen LogP contribution in [-0.2, 0) is 0 Å². The Morgan fingerprint density at radius 1 is 1.11 bits per heavy atom. The molecule has 27 heavy (non-hydrogen) atoms. The monoisotopic (exact) mass is 396 g/mol. The van der Waals surface area contributed by atoms with Crippen molar-refractivity contribution >= 4 is 39.9 Å². The molecule has 2 aromatic carbocycles. The molecule has 2 heterocycles. The second kappa shape index (κ2) is 7.02. The van der Waals surface area contributed by atoms with Gasteiger partial charge in [-0.15, -0.1) is 11.3 Å². The Morgan fingerprint density at radius 3 is 2.59 bits per heavy atom. The van der Waals surface area contributed by atoms with Crippen molar-refractivity contribution in [3.63, 3.8) is 0 Å². The van der Waals surface area contributed by atoms with Crippen molar-refractivity contribution < 1.29 is 13.9 Å². The number of rotatable bonds is 3. The van der Waals surface area contributed by atoms with Crippen LogP contribution in [0.5, 0.6) is 5.75 Å². The summed E-state index contributed by atoms with van der Waals surface area (Å²) in [6.07, 6.45) is 0. The summed E-state index contributed by atoms with van der Waals surface area (Å²) in [6, 6.07) is 15.6. The molecule has 0 aliphatic rings. The number of fused-ring (bicyclic) bond motifs is 1. The van der Waals surface area contributed by atoms with Gasteiger partial charge in [0.1, 0.15) is 10.5 Å². The van der Waals surface area contributed by atoms with Crippen molar-refractivity contribution in [3.8, 4) is 17.1 Å². The summed E-state index contributed by atoms with van der Waals surface area (Å²) < 4.78 is 11.4. The number of carbonyl (C=O) groups is 1. The number of carbonyl (C=O) groups excluding carboxylic acids is 1. The van der Waals surface area contributed by atoms with Gasteiger partial charge in [-0.25, -0.2) is 4.79 Å². The Kier molecular flexibility index (Phi) is 4.56. The van der Waals surface area contributed by atoms with Crippen molar-refractivity contribution in [3.05, 3.63) is 85.7 Å². The van der Waals surface area contributed by atoms with Gasteiger partial charge in [0.25, 0.3) is 0 Å². The van der Waals surface area contributed by atoms with E-state index in [9.17, 15) is 9.59 Å². The summed E-state index contributed by atoms with van der Waals surface area (Å²) in [5, 5.41) is 2.42. The summed E-state index contributed by atoms with van der Waals surface area (Å²) in [4.78, 5) is 25.9. The maximum absolute atomic E-state index is 13.1. The van der Waals surface area contributed by atoms with Gasteiger partial charge in [0, 0.05) is 10.6 Å². The van der Waals surface area contributed by atoms with E-state index in [1.54, 1.807) is 29.6 Å². The second-order valence-electron chi connectivity index (χ2n) is 5.96. The molecule has 4 rings (SSSR count). The molecule has 0 bridgehead atoms. The number of benzene rings is 2. The van der Waals surface area contributed by atoms with Crippen molar-refractivity contribution in [1.29, 1.82) is 0 Å². The van der Waals surface area contributed by atoms with Gasteiger partial charge in [0.15, 0.2) is 5.76 Å². The lowest BCUT2D eigenvalue weighted by Crippen LogP contribution is -2.15. The van der Waals surface area contributed by atoms with E-state index in [-0.39, 0.29) is 16.9 Å². The average molecular weight is 397 g/mol. The van der Waals surface area contributed by atoms with E-state index in [4.69, 9.17) is 20.8 Å². The first-order valence-corrected chi connectivity index (χ1v) is 9.38. The maximum Gasteiger partial charge on any atom is 0.353 e. The highest BCUT2D eigenvalue weighted by Crippen LogP contribution is 2.32. The van der Waals surface area contributed by atoms with E-state index in [2.05, 4.69) is 0 Å². The van der Waals surface area contributed by atoms with E-state index in [1.165, 1.54) is 17.4 Å². The molecule has 134 valence electrons. The van der Waals surface area contributed by atoms with Crippen molar-refractivity contribution in [2.24, 2.45) is 0 Å². The van der Waals surface area contributed by atoms with Gasteiger partial charge < -0.3 is 9.15 Å². The molecule has 0 spiro atoms. The van der Waals surface area contributed by atoms with Crippen molar-refractivity contribution in [2.75, 3.05) is 0 Å². The highest BCUT2D eigenvalue weighted by molar-refractivity contribution is 7.12. The molecule has 0 aliphatic carbocycles. The SMILES string of the molecule is Cc1ccc(-c2oc3ccc(Cl)cc3c(=O)c2OC(=O)c2cccs2)cc1. The first-order chi connectivity index (χ1) is 13.0. The van der Waals surface area contributed by atoms with E-state index >= 15 is 0 Å². The Hall–Kier alpha value is -2.89. The van der Waals surface area contributed by atoms with Gasteiger partial charge in [-0.3, -0.25) is 4.79 Å². The molecule has 4 nitrogen and oxygen atoms in total. The van der Waals surface area contributed by atoms with Crippen LogP contribution in [0.2, 0.25) is 5.02 Å². The van der Waals surface area contributed by atoms with Crippen LogP contribution in [0.25, 0.3) is 22.3 Å². The van der Waals surface area contributed by atoms with Crippen LogP contribution in [0.1, 0.15) is 15.2 Å². The molecule has 0 saturated carbocycles. The highest BCUT2D eigenvalue weighted by atomic mass is 35.5. The molecule has 6 heteroatoms. The number of ether oxygens (including phenoxy) is 1. The number of esters is 1. The summed E-state index contributed by atoms with van der Waals surface area (Å²) in [6.45, 7) is 1.96. The largest absolute Gasteiger partial charge is 0.452 e. The first kappa shape index (κ1) is 17.5. The van der Waals surface area contributed by atoms with Crippen LogP contribution in [-0.4, -0.2) is 5.97 Å². The van der Waals surface area contributed by atoms with Crippen LogP contribution >= 0.6 is 22.9 Å². The topological polar surface area (TPSA) is 56.5 Å². The summed E-state index contributed by atoms with van der Waals surface area (Å²) in [5.41, 5.74) is 1.63. The highest BCUT2D eigenvalue weighted by Gasteiger charge is 2.21. The number of hydrogen-bond donors (Lipinski definition) is 0. The number of thiophene rings is 1. The molecule has 0 aliphatic heterocycles. The Bertz CT molecular complexity index is 1190. The second-order valence-corrected chi connectivity index (χ2v) is 7.35. The lowest BCUT2D eigenvalue weighted by Gasteiger charge is -2.10. The normalized spacial score (nSPS) is 10.9. The molecule has 4 aromatic rings. The third-order valence-corrected chi connectivity index (χ3v) is 5.13. The molecular weight excluding hydrogens is 384 g/mol. The van der Waals surface area contributed by atoms with Crippen molar-refractivity contribution in [1.82, 2.24) is 0 Å². The van der Waals surface area contributed by atoms with E-state index in [1.807, 2.05) is 31.2 Å². The van der Waals surface area contributed by atoms with Gasteiger partial charge in [-0.1, -0.05) is 47.5 Å². The van der Waals surface area contributed by atoms with Gasteiger partial charge >= 0.3 is 5.97 Å². The van der Waals surface area contributed by atoms with Gasteiger partial charge in [-0.2, -0.15) is 0 Å². The number of hydrogen-bond acceptors (Lipinski definition) is 5. The predicted octanol–water partition coefficient (Wildman–Crippen LogP) is 5.70. The fourth-order valence-electron chi connectivity index (χ4n) is 2.68. The molecule has 0 amide bonds. The minimum absolute atomic E-state index is 0.146. The number of halogens is 1. The fraction of sp³-hybridized carbons (Fsp3) is 0.0476. The molecule has 0 radical (unpaired) electrons. The molecule has 0 atom stereocenters. The number of aryl methyl sites for hydroxylation is 1. The lowest BCUT2D eigenvalue weighted by molar-refractivity contribution is 0.0736.